The predicted octanol–water partition coefficient (Wildman–Crippen LogP) is 1.79. The number of carbonyl (C=O) groups is 1. The Kier molecular flexibility index (Phi) is 6.02. The van der Waals surface area contributed by atoms with E-state index in [1.807, 2.05) is 13.0 Å². The summed E-state index contributed by atoms with van der Waals surface area (Å²) in [5, 5.41) is 3.19. The van der Waals surface area contributed by atoms with E-state index in [2.05, 4.69) is 16.9 Å². The molecule has 0 spiro atoms. The van der Waals surface area contributed by atoms with E-state index >= 15 is 0 Å². The van der Waals surface area contributed by atoms with E-state index in [-0.39, 0.29) is 5.91 Å². The minimum absolute atomic E-state index is 0.109. The molecule has 1 aromatic heterocycles. The van der Waals surface area contributed by atoms with E-state index in [0.29, 0.717) is 25.5 Å². The Balaban J connectivity index is 2.44. The lowest BCUT2D eigenvalue weighted by molar-refractivity contribution is 0.0822. The van der Waals surface area contributed by atoms with Crippen molar-refractivity contribution in [1.82, 2.24) is 9.88 Å². The summed E-state index contributed by atoms with van der Waals surface area (Å²) in [5.74, 6) is -0.109. The first-order chi connectivity index (χ1) is 9.00. The largest absolute Gasteiger partial charge is 0.383 e. The third-order valence-corrected chi connectivity index (χ3v) is 2.31. The summed E-state index contributed by atoms with van der Waals surface area (Å²) < 4.78 is 5.38. The van der Waals surface area contributed by atoms with Gasteiger partial charge in [0.1, 0.15) is 5.69 Å². The van der Waals surface area contributed by atoms with Gasteiger partial charge in [0.2, 0.25) is 0 Å². The molecule has 0 aliphatic carbocycles. The molecule has 104 valence electrons. The van der Waals surface area contributed by atoms with Gasteiger partial charge in [-0.3, -0.25) is 9.78 Å². The van der Waals surface area contributed by atoms with Crippen LogP contribution in [-0.4, -0.2) is 49.6 Å². The molecule has 1 amide bonds. The van der Waals surface area contributed by atoms with Crippen LogP contribution in [-0.2, 0) is 4.74 Å². The van der Waals surface area contributed by atoms with Gasteiger partial charge >= 0.3 is 0 Å². The van der Waals surface area contributed by atoms with Gasteiger partial charge in [-0.25, -0.2) is 0 Å². The van der Waals surface area contributed by atoms with E-state index in [1.165, 1.54) is 4.90 Å². The third-order valence-electron chi connectivity index (χ3n) is 2.31. The van der Waals surface area contributed by atoms with E-state index in [9.17, 15) is 4.79 Å². The van der Waals surface area contributed by atoms with Gasteiger partial charge in [0, 0.05) is 32.5 Å². The molecular formula is C14H21N3O2. The summed E-state index contributed by atoms with van der Waals surface area (Å²) in [4.78, 5) is 17.3. The van der Waals surface area contributed by atoms with Crippen molar-refractivity contribution in [2.45, 2.75) is 6.92 Å². The highest BCUT2D eigenvalue weighted by Gasteiger charge is 2.09. The van der Waals surface area contributed by atoms with Gasteiger partial charge in [-0.15, -0.1) is 0 Å². The summed E-state index contributed by atoms with van der Waals surface area (Å²) in [6.45, 7) is 7.52. The number of ether oxygens (including phenoxy) is 1. The number of nitrogens with one attached hydrogen (secondary N) is 1. The molecule has 0 aromatic carbocycles. The first kappa shape index (κ1) is 15.2. The molecule has 0 saturated carbocycles. The van der Waals surface area contributed by atoms with Crippen molar-refractivity contribution in [3.63, 3.8) is 0 Å². The van der Waals surface area contributed by atoms with Gasteiger partial charge in [0.05, 0.1) is 13.2 Å². The van der Waals surface area contributed by atoms with Crippen LogP contribution in [0.5, 0.6) is 0 Å². The lowest BCUT2D eigenvalue weighted by atomic mass is 10.3. The van der Waals surface area contributed by atoms with E-state index in [4.69, 9.17) is 4.74 Å². The maximum Gasteiger partial charge on any atom is 0.272 e. The van der Waals surface area contributed by atoms with E-state index in [1.54, 1.807) is 26.4 Å². The van der Waals surface area contributed by atoms with Crippen LogP contribution in [0.15, 0.2) is 30.5 Å². The Morgan fingerprint density at radius 1 is 1.53 bits per heavy atom. The van der Waals surface area contributed by atoms with Crippen LogP contribution >= 0.6 is 0 Å². The molecule has 0 bridgehead atoms. The Morgan fingerprint density at radius 2 is 2.26 bits per heavy atom. The average molecular weight is 263 g/mol. The molecule has 0 aliphatic heterocycles. The Labute approximate surface area is 114 Å². The van der Waals surface area contributed by atoms with Gasteiger partial charge in [-0.1, -0.05) is 12.2 Å². The lowest BCUT2D eigenvalue weighted by Gasteiger charge is -2.11. The van der Waals surface area contributed by atoms with Crippen LogP contribution < -0.4 is 5.32 Å². The van der Waals surface area contributed by atoms with Crippen LogP contribution in [0.25, 0.3) is 0 Å². The summed E-state index contributed by atoms with van der Waals surface area (Å²) in [6, 6.07) is 3.56. The van der Waals surface area contributed by atoms with E-state index < -0.39 is 0 Å². The highest BCUT2D eigenvalue weighted by Crippen LogP contribution is 2.08. The van der Waals surface area contributed by atoms with Crippen LogP contribution in [0, 0.1) is 0 Å². The van der Waals surface area contributed by atoms with Crippen LogP contribution in [0.4, 0.5) is 5.69 Å². The number of hydrogen-bond donors (Lipinski definition) is 1. The summed E-state index contributed by atoms with van der Waals surface area (Å²) >= 11 is 0. The molecule has 1 rings (SSSR count). The number of hydrogen-bond acceptors (Lipinski definition) is 4. The van der Waals surface area contributed by atoms with Crippen molar-refractivity contribution >= 4 is 11.6 Å². The minimum Gasteiger partial charge on any atom is -0.383 e. The van der Waals surface area contributed by atoms with Gasteiger partial charge in [0.15, 0.2) is 0 Å². The molecule has 0 saturated heterocycles. The Hall–Kier alpha value is -1.88. The molecule has 1 N–H and O–H groups in total. The van der Waals surface area contributed by atoms with Crippen molar-refractivity contribution in [2.75, 3.05) is 39.2 Å². The third kappa shape index (κ3) is 5.52. The Morgan fingerprint density at radius 3 is 2.89 bits per heavy atom. The molecule has 5 nitrogen and oxygen atoms in total. The highest BCUT2D eigenvalue weighted by molar-refractivity contribution is 5.92. The van der Waals surface area contributed by atoms with Crippen molar-refractivity contribution in [3.05, 3.63) is 36.2 Å². The zero-order chi connectivity index (χ0) is 14.3. The number of rotatable bonds is 7. The molecule has 0 radical (unpaired) electrons. The SMILES string of the molecule is C=C(C)COCCNc1ccnc(C(=O)N(C)C)c1. The monoisotopic (exact) mass is 263 g/mol. The van der Waals surface area contributed by atoms with Crippen LogP contribution in [0.3, 0.4) is 0 Å². The zero-order valence-electron chi connectivity index (χ0n) is 11.8. The summed E-state index contributed by atoms with van der Waals surface area (Å²) in [6.07, 6.45) is 1.62. The minimum atomic E-state index is -0.109. The number of aromatic nitrogens is 1. The second-order valence-electron chi connectivity index (χ2n) is 4.57. The lowest BCUT2D eigenvalue weighted by Crippen LogP contribution is -2.22. The van der Waals surface area contributed by atoms with Gasteiger partial charge < -0.3 is 15.0 Å². The molecule has 0 atom stereocenters. The smallest absolute Gasteiger partial charge is 0.272 e. The van der Waals surface area contributed by atoms with Gasteiger partial charge in [-0.2, -0.15) is 0 Å². The number of pyridine rings is 1. The van der Waals surface area contributed by atoms with Gasteiger partial charge in [-0.05, 0) is 19.1 Å². The number of carbonyl (C=O) groups excluding carboxylic acids is 1. The molecule has 0 aliphatic rings. The molecule has 5 heteroatoms. The Bertz CT molecular complexity index is 444. The summed E-state index contributed by atoms with van der Waals surface area (Å²) in [7, 11) is 3.41. The number of anilines is 1. The second-order valence-corrected chi connectivity index (χ2v) is 4.57. The normalized spacial score (nSPS) is 10.1. The van der Waals surface area contributed by atoms with E-state index in [0.717, 1.165) is 11.3 Å². The molecular weight excluding hydrogens is 242 g/mol. The summed E-state index contributed by atoms with van der Waals surface area (Å²) in [5.41, 5.74) is 2.29. The highest BCUT2D eigenvalue weighted by atomic mass is 16.5. The second kappa shape index (κ2) is 7.53. The average Bonchev–Trinajstić information content (AvgIpc) is 2.37. The molecule has 0 unspecified atom stereocenters. The zero-order valence-corrected chi connectivity index (χ0v) is 11.8. The maximum absolute atomic E-state index is 11.7. The first-order valence-electron chi connectivity index (χ1n) is 6.14. The fourth-order valence-electron chi connectivity index (χ4n) is 1.40. The molecule has 1 aromatic rings. The topological polar surface area (TPSA) is 54.5 Å². The fraction of sp³-hybridized carbons (Fsp3) is 0.429. The molecule has 19 heavy (non-hydrogen) atoms. The number of amides is 1. The number of nitrogens with zero attached hydrogens (tertiary/aromatic N) is 2. The van der Waals surface area contributed by atoms with Crippen LogP contribution in [0.1, 0.15) is 17.4 Å². The molecule has 0 fully saturated rings. The quantitative estimate of drug-likeness (QED) is 0.602. The van der Waals surface area contributed by atoms with Crippen LogP contribution in [0.2, 0.25) is 0 Å². The standard InChI is InChI=1S/C14H21N3O2/c1-11(2)10-19-8-7-15-12-5-6-16-13(9-12)14(18)17(3)4/h5-6,9H,1,7-8,10H2,2-4H3,(H,15,16). The fourth-order valence-corrected chi connectivity index (χ4v) is 1.40. The van der Waals surface area contributed by atoms with Crippen molar-refractivity contribution in [3.8, 4) is 0 Å². The van der Waals surface area contributed by atoms with Crippen molar-refractivity contribution in [1.29, 1.82) is 0 Å². The first-order valence-corrected chi connectivity index (χ1v) is 6.14. The van der Waals surface area contributed by atoms with Crippen molar-refractivity contribution < 1.29 is 9.53 Å². The van der Waals surface area contributed by atoms with Crippen molar-refractivity contribution in [2.24, 2.45) is 0 Å². The predicted molar refractivity (Wildman–Crippen MR) is 76.4 cm³/mol. The van der Waals surface area contributed by atoms with Gasteiger partial charge in [0.25, 0.3) is 5.91 Å². The molecule has 1 heterocycles. The maximum atomic E-state index is 11.7.